The number of carbonyl (C=O) groups excluding carboxylic acids is 1. The molecule has 0 saturated heterocycles. The van der Waals surface area contributed by atoms with E-state index in [2.05, 4.69) is 23.9 Å². The molecule has 1 amide bonds. The number of benzene rings is 1. The number of hydrogen-bond donors (Lipinski definition) is 2. The maximum atomic E-state index is 13.9. The fraction of sp³-hybridized carbons (Fsp3) is 0.588. The van der Waals surface area contributed by atoms with Crippen molar-refractivity contribution >= 4 is 15.9 Å². The largest absolute Gasteiger partial charge is 0.350 e. The van der Waals surface area contributed by atoms with Gasteiger partial charge in [0, 0.05) is 17.6 Å². The highest BCUT2D eigenvalue weighted by atomic mass is 32.2. The summed E-state index contributed by atoms with van der Waals surface area (Å²) in [7, 11) is -3.94. The highest BCUT2D eigenvalue weighted by Crippen LogP contribution is 2.24. The molecule has 2 N–H and O–H groups in total. The number of rotatable bonds is 8. The monoisotopic (exact) mass is 356 g/mol. The zero-order chi connectivity index (χ0) is 17.9. The summed E-state index contributed by atoms with van der Waals surface area (Å²) < 4.78 is 40.7. The summed E-state index contributed by atoms with van der Waals surface area (Å²) in [6, 6.07) is 3.27. The number of nitrogens with one attached hydrogen (secondary N) is 2. The summed E-state index contributed by atoms with van der Waals surface area (Å²) >= 11 is 0. The third-order valence-electron chi connectivity index (χ3n) is 3.94. The van der Waals surface area contributed by atoms with Crippen LogP contribution in [0.4, 0.5) is 4.39 Å². The quantitative estimate of drug-likeness (QED) is 0.752. The number of hydrogen-bond acceptors (Lipinski definition) is 3. The zero-order valence-electron chi connectivity index (χ0n) is 14.3. The van der Waals surface area contributed by atoms with E-state index >= 15 is 0 Å². The van der Waals surface area contributed by atoms with E-state index in [0.717, 1.165) is 37.8 Å². The first-order valence-corrected chi connectivity index (χ1v) is 9.80. The van der Waals surface area contributed by atoms with E-state index in [0.29, 0.717) is 5.92 Å². The molecule has 0 heterocycles. The summed E-state index contributed by atoms with van der Waals surface area (Å²) in [4.78, 5) is 11.8. The molecule has 7 heteroatoms. The van der Waals surface area contributed by atoms with E-state index in [1.807, 2.05) is 6.92 Å². The van der Waals surface area contributed by atoms with Crippen LogP contribution in [-0.2, 0) is 10.0 Å². The molecule has 0 aliphatic heterocycles. The maximum absolute atomic E-state index is 13.9. The van der Waals surface area contributed by atoms with Gasteiger partial charge < -0.3 is 5.32 Å². The average molecular weight is 356 g/mol. The van der Waals surface area contributed by atoms with Crippen LogP contribution in [0.15, 0.2) is 23.1 Å². The van der Waals surface area contributed by atoms with Crippen LogP contribution >= 0.6 is 0 Å². The van der Waals surface area contributed by atoms with Gasteiger partial charge in [-0.25, -0.2) is 17.5 Å². The predicted molar refractivity (Wildman–Crippen MR) is 90.7 cm³/mol. The minimum atomic E-state index is -3.94. The Kier molecular flexibility index (Phi) is 5.98. The Bertz CT molecular complexity index is 700. The Hall–Kier alpha value is -1.47. The minimum absolute atomic E-state index is 0.0328. The van der Waals surface area contributed by atoms with Gasteiger partial charge in [-0.05, 0) is 56.7 Å². The lowest BCUT2D eigenvalue weighted by molar-refractivity contribution is 0.0937. The average Bonchev–Trinajstić information content (AvgIpc) is 3.28. The van der Waals surface area contributed by atoms with Gasteiger partial charge in [-0.15, -0.1) is 0 Å². The van der Waals surface area contributed by atoms with Crippen LogP contribution in [0.1, 0.15) is 56.8 Å². The van der Waals surface area contributed by atoms with E-state index in [1.165, 1.54) is 6.07 Å². The molecule has 1 aromatic rings. The third-order valence-corrected chi connectivity index (χ3v) is 5.47. The molecule has 0 radical (unpaired) electrons. The lowest BCUT2D eigenvalue weighted by Crippen LogP contribution is -2.33. The normalized spacial score (nSPS) is 16.2. The number of amides is 1. The van der Waals surface area contributed by atoms with Gasteiger partial charge in [0.05, 0.1) is 0 Å². The molecule has 134 valence electrons. The highest BCUT2D eigenvalue weighted by molar-refractivity contribution is 7.89. The first-order valence-electron chi connectivity index (χ1n) is 8.32. The van der Waals surface area contributed by atoms with E-state index in [1.54, 1.807) is 0 Å². The molecule has 1 fully saturated rings. The molecule has 1 aliphatic rings. The molecule has 0 bridgehead atoms. The molecule has 1 aromatic carbocycles. The Morgan fingerprint density at radius 3 is 2.50 bits per heavy atom. The number of sulfonamides is 1. The van der Waals surface area contributed by atoms with Gasteiger partial charge in [-0.3, -0.25) is 4.79 Å². The molecule has 5 nitrogen and oxygen atoms in total. The maximum Gasteiger partial charge on any atom is 0.251 e. The van der Waals surface area contributed by atoms with E-state index in [4.69, 9.17) is 0 Å². The molecular weight excluding hydrogens is 331 g/mol. The van der Waals surface area contributed by atoms with E-state index in [9.17, 15) is 17.6 Å². The second-order valence-corrected chi connectivity index (χ2v) is 8.57. The molecule has 0 aromatic heterocycles. The molecule has 24 heavy (non-hydrogen) atoms. The second kappa shape index (κ2) is 7.61. The van der Waals surface area contributed by atoms with Crippen molar-refractivity contribution in [3.05, 3.63) is 29.6 Å². The van der Waals surface area contributed by atoms with Crippen molar-refractivity contribution in [3.63, 3.8) is 0 Å². The summed E-state index contributed by atoms with van der Waals surface area (Å²) in [6.45, 7) is 6.12. The van der Waals surface area contributed by atoms with Crippen molar-refractivity contribution in [1.29, 1.82) is 0 Å². The minimum Gasteiger partial charge on any atom is -0.350 e. The Morgan fingerprint density at radius 1 is 1.25 bits per heavy atom. The molecule has 1 aliphatic carbocycles. The van der Waals surface area contributed by atoms with Gasteiger partial charge in [-0.2, -0.15) is 0 Å². The summed E-state index contributed by atoms with van der Waals surface area (Å²) in [6.07, 6.45) is 3.33. The van der Waals surface area contributed by atoms with Crippen molar-refractivity contribution in [1.82, 2.24) is 10.0 Å². The molecule has 2 rings (SSSR count). The van der Waals surface area contributed by atoms with Crippen LogP contribution in [0.3, 0.4) is 0 Å². The van der Waals surface area contributed by atoms with E-state index in [-0.39, 0.29) is 17.6 Å². The number of halogens is 1. The van der Waals surface area contributed by atoms with Crippen molar-refractivity contribution in [3.8, 4) is 0 Å². The fourth-order valence-electron chi connectivity index (χ4n) is 2.30. The van der Waals surface area contributed by atoms with E-state index < -0.39 is 26.6 Å². The summed E-state index contributed by atoms with van der Waals surface area (Å²) in [5.74, 6) is -0.706. The van der Waals surface area contributed by atoms with Crippen LogP contribution in [0, 0.1) is 11.7 Å². The van der Waals surface area contributed by atoms with Crippen molar-refractivity contribution in [2.45, 2.75) is 63.4 Å². The summed E-state index contributed by atoms with van der Waals surface area (Å²) in [5, 5.41) is 2.83. The SMILES string of the molecule is CC(C)CCC(C)NC(=O)c1ccc(F)c(S(=O)(=O)NC2CC2)c1. The first-order chi connectivity index (χ1) is 11.2. The van der Waals surface area contributed by atoms with Gasteiger partial charge in [-0.1, -0.05) is 13.8 Å². The van der Waals surface area contributed by atoms with Gasteiger partial charge in [0.2, 0.25) is 10.0 Å². The standard InChI is InChI=1S/C17H25FN2O3S/c1-11(2)4-5-12(3)19-17(21)13-6-9-15(18)16(10-13)24(22,23)20-14-7-8-14/h6,9-12,14,20H,4-5,7-8H2,1-3H3,(H,19,21). The third kappa shape index (κ3) is 5.27. The van der Waals surface area contributed by atoms with Crippen LogP contribution in [0.25, 0.3) is 0 Å². The predicted octanol–water partition coefficient (Wildman–Crippen LogP) is 2.82. The zero-order valence-corrected chi connectivity index (χ0v) is 15.1. The molecule has 1 unspecified atom stereocenters. The van der Waals surface area contributed by atoms with Gasteiger partial charge in [0.25, 0.3) is 5.91 Å². The molecule has 1 saturated carbocycles. The Labute approximate surface area is 143 Å². The van der Waals surface area contributed by atoms with Crippen LogP contribution in [-0.4, -0.2) is 26.4 Å². The van der Waals surface area contributed by atoms with Crippen LogP contribution < -0.4 is 10.0 Å². The second-order valence-electron chi connectivity index (χ2n) is 6.89. The van der Waals surface area contributed by atoms with Crippen LogP contribution in [0.5, 0.6) is 0 Å². The van der Waals surface area contributed by atoms with Crippen molar-refractivity contribution in [2.24, 2.45) is 5.92 Å². The van der Waals surface area contributed by atoms with Gasteiger partial charge in [0.15, 0.2) is 0 Å². The Balaban J connectivity index is 2.10. The number of carbonyl (C=O) groups is 1. The fourth-order valence-corrected chi connectivity index (χ4v) is 3.71. The smallest absolute Gasteiger partial charge is 0.251 e. The van der Waals surface area contributed by atoms with Crippen molar-refractivity contribution < 1.29 is 17.6 Å². The first kappa shape index (κ1) is 18.9. The Morgan fingerprint density at radius 2 is 1.92 bits per heavy atom. The van der Waals surface area contributed by atoms with Gasteiger partial charge >= 0.3 is 0 Å². The van der Waals surface area contributed by atoms with Crippen LogP contribution in [0.2, 0.25) is 0 Å². The van der Waals surface area contributed by atoms with Gasteiger partial charge in [0.1, 0.15) is 10.7 Å². The lowest BCUT2D eigenvalue weighted by Gasteiger charge is -2.15. The molecular formula is C17H25FN2O3S. The van der Waals surface area contributed by atoms with Crippen molar-refractivity contribution in [2.75, 3.05) is 0 Å². The topological polar surface area (TPSA) is 75.3 Å². The highest BCUT2D eigenvalue weighted by Gasteiger charge is 2.30. The summed E-state index contributed by atoms with van der Waals surface area (Å²) in [5.41, 5.74) is 0.143. The molecule has 1 atom stereocenters. The lowest BCUT2D eigenvalue weighted by atomic mass is 10.0. The molecule has 0 spiro atoms.